The minimum atomic E-state index is 0. The molecule has 0 radical (unpaired) electrons. The average molecular weight is 445 g/mol. The highest BCUT2D eigenvalue weighted by molar-refractivity contribution is 8.00. The lowest BCUT2D eigenvalue weighted by atomic mass is 9.70. The molecule has 0 aliphatic heterocycles. The molecule has 0 saturated heterocycles. The molecule has 2 aliphatic rings. The van der Waals surface area contributed by atoms with E-state index in [1.54, 1.807) is 0 Å². The van der Waals surface area contributed by atoms with Crippen molar-refractivity contribution in [3.63, 3.8) is 0 Å². The first-order valence-electron chi connectivity index (χ1n) is 10.6. The fraction of sp³-hybridized carbons (Fsp3) is 0.739. The third-order valence-corrected chi connectivity index (χ3v) is 7.89. The van der Waals surface area contributed by atoms with E-state index in [0.29, 0.717) is 0 Å². The highest BCUT2D eigenvalue weighted by Crippen LogP contribution is 2.44. The highest BCUT2D eigenvalue weighted by Gasteiger charge is 2.30. The molecular formula is C23H41F5S. The summed E-state index contributed by atoms with van der Waals surface area (Å²) >= 11 is 2.12. The van der Waals surface area contributed by atoms with E-state index in [2.05, 4.69) is 49.0 Å². The van der Waals surface area contributed by atoms with Gasteiger partial charge in [-0.3, -0.25) is 23.5 Å². The lowest BCUT2D eigenvalue weighted by Crippen LogP contribution is -2.26. The Bertz CT molecular complexity index is 458. The molecule has 0 spiro atoms. The van der Waals surface area contributed by atoms with Gasteiger partial charge in [-0.25, -0.2) is 0 Å². The fourth-order valence-corrected chi connectivity index (χ4v) is 6.21. The van der Waals surface area contributed by atoms with E-state index in [1.165, 1.54) is 81.9 Å². The van der Waals surface area contributed by atoms with Gasteiger partial charge in [0, 0.05) is 10.1 Å². The molecule has 0 unspecified atom stereocenters. The quantitative estimate of drug-likeness (QED) is 0.300. The number of hydrogen-bond donors (Lipinski definition) is 0. The van der Waals surface area contributed by atoms with Crippen LogP contribution in [0.2, 0.25) is 0 Å². The second-order valence-electron chi connectivity index (χ2n) is 8.24. The number of thioether (sulfide) groups is 1. The van der Waals surface area contributed by atoms with Crippen molar-refractivity contribution in [3.8, 4) is 0 Å². The third-order valence-electron chi connectivity index (χ3n) is 6.54. The fourth-order valence-electron chi connectivity index (χ4n) is 5.00. The second kappa shape index (κ2) is 18.0. The molecule has 174 valence electrons. The summed E-state index contributed by atoms with van der Waals surface area (Å²) in [4.78, 5) is 1.47. The van der Waals surface area contributed by atoms with Crippen LogP contribution in [0.5, 0.6) is 0 Å². The zero-order valence-electron chi connectivity index (χ0n) is 17.6. The minimum absolute atomic E-state index is 0. The molecule has 0 aromatic heterocycles. The van der Waals surface area contributed by atoms with Gasteiger partial charge in [-0.2, -0.15) is 0 Å². The van der Waals surface area contributed by atoms with Crippen LogP contribution in [0.3, 0.4) is 0 Å². The van der Waals surface area contributed by atoms with E-state index in [4.69, 9.17) is 0 Å². The summed E-state index contributed by atoms with van der Waals surface area (Å²) in [6, 6.07) is 11.0. The lowest BCUT2D eigenvalue weighted by molar-refractivity contribution is 0.164. The Kier molecular flexibility index (Phi) is 20.4. The highest BCUT2D eigenvalue weighted by atomic mass is 32.2. The molecular weight excluding hydrogens is 403 g/mol. The van der Waals surface area contributed by atoms with Gasteiger partial charge in [0.15, 0.2) is 0 Å². The van der Waals surface area contributed by atoms with E-state index in [1.807, 2.05) is 0 Å². The molecule has 1 aromatic carbocycles. The Labute approximate surface area is 177 Å². The molecule has 0 amide bonds. The largest absolute Gasteiger partial charge is 0.269 e. The van der Waals surface area contributed by atoms with Crippen molar-refractivity contribution in [2.24, 2.45) is 17.8 Å². The topological polar surface area (TPSA) is 0 Å². The molecule has 0 N–H and O–H groups in total. The summed E-state index contributed by atoms with van der Waals surface area (Å²) < 4.78 is 0. The molecule has 3 rings (SSSR count). The van der Waals surface area contributed by atoms with E-state index in [-0.39, 0.29) is 23.5 Å². The Balaban J connectivity index is -0.00000135. The van der Waals surface area contributed by atoms with Gasteiger partial charge in [0.2, 0.25) is 0 Å². The van der Waals surface area contributed by atoms with Gasteiger partial charge in [-0.05, 0) is 68.4 Å². The van der Waals surface area contributed by atoms with Gasteiger partial charge in [0.05, 0.1) is 0 Å². The second-order valence-corrected chi connectivity index (χ2v) is 9.62. The zero-order chi connectivity index (χ0) is 16.6. The summed E-state index contributed by atoms with van der Waals surface area (Å²) in [5.41, 5.74) is 0. The maximum absolute atomic E-state index is 2.32. The Morgan fingerprint density at radius 2 is 1.21 bits per heavy atom. The monoisotopic (exact) mass is 444 g/mol. The Morgan fingerprint density at radius 1 is 0.690 bits per heavy atom. The van der Waals surface area contributed by atoms with Crippen molar-refractivity contribution in [2.75, 3.05) is 0 Å². The van der Waals surface area contributed by atoms with Gasteiger partial charge in [-0.15, -0.1) is 11.8 Å². The SMILES string of the molecule is CCCCCC1CCC(C2CCC(Sc3ccccc3)CC2)CC1.F.F.F.F.F. The zero-order valence-corrected chi connectivity index (χ0v) is 18.4. The van der Waals surface area contributed by atoms with Crippen LogP contribution in [0.4, 0.5) is 23.5 Å². The van der Waals surface area contributed by atoms with Crippen LogP contribution in [0, 0.1) is 17.8 Å². The minimum Gasteiger partial charge on any atom is -0.269 e. The van der Waals surface area contributed by atoms with Crippen LogP contribution >= 0.6 is 11.8 Å². The Morgan fingerprint density at radius 3 is 1.72 bits per heavy atom. The van der Waals surface area contributed by atoms with Gasteiger partial charge >= 0.3 is 0 Å². The summed E-state index contributed by atoms with van der Waals surface area (Å²) in [5.74, 6) is 3.18. The number of benzene rings is 1. The van der Waals surface area contributed by atoms with Crippen molar-refractivity contribution in [2.45, 2.75) is 94.1 Å². The van der Waals surface area contributed by atoms with Crippen LogP contribution in [0.25, 0.3) is 0 Å². The van der Waals surface area contributed by atoms with E-state index in [9.17, 15) is 0 Å². The van der Waals surface area contributed by atoms with Crippen LogP contribution in [0.15, 0.2) is 35.2 Å². The first-order chi connectivity index (χ1) is 11.8. The van der Waals surface area contributed by atoms with Crippen LogP contribution in [-0.4, -0.2) is 5.25 Å². The summed E-state index contributed by atoms with van der Waals surface area (Å²) in [7, 11) is 0. The lowest BCUT2D eigenvalue weighted by Gasteiger charge is -2.37. The Hall–Kier alpha value is -0.780. The molecule has 2 fully saturated rings. The standard InChI is InChI=1S/C23H36S.5FH/c1-2-3-5-8-19-11-13-20(14-12-19)21-15-17-23(18-16-21)24-22-9-6-4-7-10-22;;;;;/h4,6-7,9-10,19-21,23H,2-3,5,8,11-18H2,1H3;5*1H. The normalized spacial score (nSPS) is 25.7. The van der Waals surface area contributed by atoms with Crippen molar-refractivity contribution in [3.05, 3.63) is 30.3 Å². The summed E-state index contributed by atoms with van der Waals surface area (Å²) in [6.45, 7) is 2.32. The van der Waals surface area contributed by atoms with Gasteiger partial charge in [0.25, 0.3) is 0 Å². The van der Waals surface area contributed by atoms with E-state index >= 15 is 0 Å². The first-order valence-corrected chi connectivity index (χ1v) is 11.4. The molecule has 2 aliphatic carbocycles. The van der Waals surface area contributed by atoms with E-state index in [0.717, 1.165) is 23.0 Å². The predicted molar refractivity (Wildman–Crippen MR) is 120 cm³/mol. The number of halogens is 5. The molecule has 6 heteroatoms. The molecule has 29 heavy (non-hydrogen) atoms. The molecule has 1 aromatic rings. The maximum atomic E-state index is 2.32. The third kappa shape index (κ3) is 10.7. The molecule has 0 heterocycles. The van der Waals surface area contributed by atoms with E-state index < -0.39 is 0 Å². The smallest absolute Gasteiger partial charge is 0.00946 e. The summed E-state index contributed by atoms with van der Waals surface area (Å²) in [6.07, 6.45) is 17.8. The van der Waals surface area contributed by atoms with Gasteiger partial charge < -0.3 is 0 Å². The first kappa shape index (κ1) is 32.9. The molecule has 2 saturated carbocycles. The van der Waals surface area contributed by atoms with Crippen molar-refractivity contribution in [1.29, 1.82) is 0 Å². The summed E-state index contributed by atoms with van der Waals surface area (Å²) in [5, 5.41) is 0.869. The van der Waals surface area contributed by atoms with Crippen molar-refractivity contribution < 1.29 is 23.5 Å². The van der Waals surface area contributed by atoms with Gasteiger partial charge in [-0.1, -0.05) is 63.6 Å². The number of hydrogen-bond acceptors (Lipinski definition) is 1. The van der Waals surface area contributed by atoms with Crippen molar-refractivity contribution >= 4 is 11.8 Å². The van der Waals surface area contributed by atoms with Crippen LogP contribution in [0.1, 0.15) is 84.0 Å². The van der Waals surface area contributed by atoms with Gasteiger partial charge in [0.1, 0.15) is 0 Å². The average Bonchev–Trinajstić information content (AvgIpc) is 2.64. The number of unbranched alkanes of at least 4 members (excludes halogenated alkanes) is 2. The predicted octanol–water partition coefficient (Wildman–Crippen LogP) is 8.49. The van der Waals surface area contributed by atoms with Crippen LogP contribution in [-0.2, 0) is 0 Å². The van der Waals surface area contributed by atoms with Crippen LogP contribution < -0.4 is 0 Å². The van der Waals surface area contributed by atoms with Crippen molar-refractivity contribution in [1.82, 2.24) is 0 Å². The number of rotatable bonds is 7. The molecule has 0 bridgehead atoms. The molecule has 0 nitrogen and oxygen atoms in total. The molecule has 0 atom stereocenters. The maximum Gasteiger partial charge on any atom is 0.00946 e.